The molecule has 0 aliphatic rings. The number of benzene rings is 3. The van der Waals surface area contributed by atoms with Crippen LogP contribution in [0, 0.1) is 5.92 Å². The van der Waals surface area contributed by atoms with E-state index < -0.39 is 11.7 Å². The van der Waals surface area contributed by atoms with Crippen molar-refractivity contribution >= 4 is 28.8 Å². The van der Waals surface area contributed by atoms with Crippen molar-refractivity contribution in [3.8, 4) is 11.1 Å². The fraction of sp³-hybridized carbons (Fsp3) is 0.269. The summed E-state index contributed by atoms with van der Waals surface area (Å²) in [6.45, 7) is 5.69. The lowest BCUT2D eigenvalue weighted by atomic mass is 9.85. The molecule has 32 heavy (non-hydrogen) atoms. The molecule has 3 rings (SSSR count). The number of hydrogen-bond donors (Lipinski definition) is 1. The van der Waals surface area contributed by atoms with Crippen LogP contribution in [0.3, 0.4) is 0 Å². The van der Waals surface area contributed by atoms with E-state index in [-0.39, 0.29) is 11.7 Å². The highest BCUT2D eigenvalue weighted by atomic mass is 35.5. The van der Waals surface area contributed by atoms with Gasteiger partial charge in [-0.3, -0.25) is 4.79 Å². The van der Waals surface area contributed by atoms with Gasteiger partial charge in [-0.1, -0.05) is 43.6 Å². The number of anilines is 2. The molecule has 0 aromatic heterocycles. The van der Waals surface area contributed by atoms with E-state index in [9.17, 15) is 18.0 Å². The lowest BCUT2D eigenvalue weighted by molar-refractivity contribution is -0.137. The van der Waals surface area contributed by atoms with E-state index in [2.05, 4.69) is 19.2 Å². The molecular formula is C26H25ClF3NO. The van der Waals surface area contributed by atoms with E-state index in [0.717, 1.165) is 34.6 Å². The van der Waals surface area contributed by atoms with Gasteiger partial charge in [0.1, 0.15) is 5.78 Å². The van der Waals surface area contributed by atoms with Crippen LogP contribution in [0.1, 0.15) is 44.2 Å². The predicted octanol–water partition coefficient (Wildman–Crippen LogP) is 8.49. The summed E-state index contributed by atoms with van der Waals surface area (Å²) in [6, 6.07) is 18.0. The first-order valence-electron chi connectivity index (χ1n) is 10.4. The Labute approximate surface area is 191 Å². The van der Waals surface area contributed by atoms with Gasteiger partial charge in [0.05, 0.1) is 5.56 Å². The summed E-state index contributed by atoms with van der Waals surface area (Å²) >= 11 is 5.97. The third-order valence-corrected chi connectivity index (χ3v) is 5.49. The number of rotatable bonds is 7. The molecule has 0 aliphatic heterocycles. The van der Waals surface area contributed by atoms with Crippen molar-refractivity contribution in [2.75, 3.05) is 5.32 Å². The highest BCUT2D eigenvalue weighted by molar-refractivity contribution is 6.30. The molecule has 0 spiro atoms. The van der Waals surface area contributed by atoms with Gasteiger partial charge in [-0.2, -0.15) is 13.2 Å². The first-order valence-corrected chi connectivity index (χ1v) is 10.8. The van der Waals surface area contributed by atoms with E-state index >= 15 is 0 Å². The van der Waals surface area contributed by atoms with Crippen molar-refractivity contribution in [3.05, 3.63) is 82.9 Å². The molecule has 3 aromatic rings. The number of carbonyl (C=O) groups is 1. The Bertz CT molecular complexity index is 1070. The van der Waals surface area contributed by atoms with Crippen LogP contribution in [0.15, 0.2) is 66.7 Å². The van der Waals surface area contributed by atoms with Crippen LogP contribution in [0.5, 0.6) is 0 Å². The van der Waals surface area contributed by atoms with Crippen LogP contribution >= 0.6 is 11.6 Å². The zero-order valence-corrected chi connectivity index (χ0v) is 18.9. The Morgan fingerprint density at radius 3 is 2.06 bits per heavy atom. The number of carbonyl (C=O) groups excluding carboxylic acids is 1. The standard InChI is InChI=1S/C26H25ClF3NO/c1-16(2)12-25(17(3)32)20-13-19(18-4-6-21(7-5-18)26(28,29)30)14-24(15-20)31-23-10-8-22(27)9-11-23/h4-11,13-16,25,31H,12H2,1-3H3. The third kappa shape index (κ3) is 6.13. The summed E-state index contributed by atoms with van der Waals surface area (Å²) in [5, 5.41) is 3.93. The lowest BCUT2D eigenvalue weighted by Gasteiger charge is -2.20. The molecule has 0 bridgehead atoms. The van der Waals surface area contributed by atoms with Crippen molar-refractivity contribution in [2.24, 2.45) is 5.92 Å². The molecule has 6 heteroatoms. The third-order valence-electron chi connectivity index (χ3n) is 5.23. The Hall–Kier alpha value is -2.79. The molecule has 0 heterocycles. The van der Waals surface area contributed by atoms with Gasteiger partial charge in [0.15, 0.2) is 0 Å². The largest absolute Gasteiger partial charge is 0.416 e. The lowest BCUT2D eigenvalue weighted by Crippen LogP contribution is -2.12. The van der Waals surface area contributed by atoms with Crippen LogP contribution in [0.4, 0.5) is 24.5 Å². The average molecular weight is 460 g/mol. The van der Waals surface area contributed by atoms with Crippen molar-refractivity contribution < 1.29 is 18.0 Å². The number of Topliss-reactive ketones (excluding diaryl/α,β-unsaturated/α-hetero) is 1. The highest BCUT2D eigenvalue weighted by Crippen LogP contribution is 2.35. The quantitative estimate of drug-likeness (QED) is 0.383. The second kappa shape index (κ2) is 9.78. The van der Waals surface area contributed by atoms with E-state index in [1.54, 1.807) is 19.1 Å². The van der Waals surface area contributed by atoms with Gasteiger partial charge in [0, 0.05) is 22.3 Å². The minimum Gasteiger partial charge on any atom is -0.355 e. The normalized spacial score (nSPS) is 12.6. The van der Waals surface area contributed by atoms with Crippen LogP contribution in [0.2, 0.25) is 5.02 Å². The summed E-state index contributed by atoms with van der Waals surface area (Å²) in [5.41, 5.74) is 3.08. The summed E-state index contributed by atoms with van der Waals surface area (Å²) in [6.07, 6.45) is -3.70. The monoisotopic (exact) mass is 459 g/mol. The molecule has 1 N–H and O–H groups in total. The van der Waals surface area contributed by atoms with Crippen LogP contribution in [-0.2, 0) is 11.0 Å². The minimum atomic E-state index is -4.39. The summed E-state index contributed by atoms with van der Waals surface area (Å²) < 4.78 is 38.9. The maximum atomic E-state index is 13.0. The maximum Gasteiger partial charge on any atom is 0.416 e. The first kappa shape index (κ1) is 23.9. The zero-order valence-electron chi connectivity index (χ0n) is 18.1. The zero-order chi connectivity index (χ0) is 23.5. The number of hydrogen-bond acceptors (Lipinski definition) is 2. The van der Waals surface area contributed by atoms with E-state index in [4.69, 9.17) is 11.6 Å². The fourth-order valence-electron chi connectivity index (χ4n) is 3.65. The molecule has 0 saturated carbocycles. The molecule has 0 radical (unpaired) electrons. The Morgan fingerprint density at radius 2 is 1.53 bits per heavy atom. The minimum absolute atomic E-state index is 0.0562. The van der Waals surface area contributed by atoms with Gasteiger partial charge in [-0.25, -0.2) is 0 Å². The number of halogens is 4. The molecule has 3 aromatic carbocycles. The van der Waals surface area contributed by atoms with Crippen molar-refractivity contribution in [1.82, 2.24) is 0 Å². The molecule has 1 atom stereocenters. The van der Waals surface area contributed by atoms with Crippen LogP contribution < -0.4 is 5.32 Å². The molecule has 0 aliphatic carbocycles. The van der Waals surface area contributed by atoms with Gasteiger partial charge in [-0.15, -0.1) is 0 Å². The Balaban J connectivity index is 2.06. The van der Waals surface area contributed by atoms with Crippen molar-refractivity contribution in [1.29, 1.82) is 0 Å². The van der Waals surface area contributed by atoms with Crippen LogP contribution in [0.25, 0.3) is 11.1 Å². The van der Waals surface area contributed by atoms with E-state index in [1.165, 1.54) is 12.1 Å². The summed E-state index contributed by atoms with van der Waals surface area (Å²) in [7, 11) is 0. The smallest absolute Gasteiger partial charge is 0.355 e. The van der Waals surface area contributed by atoms with Gasteiger partial charge in [0.25, 0.3) is 0 Å². The molecule has 0 amide bonds. The van der Waals surface area contributed by atoms with Crippen molar-refractivity contribution in [2.45, 2.75) is 39.3 Å². The Kier molecular flexibility index (Phi) is 7.29. The second-order valence-electron chi connectivity index (χ2n) is 8.34. The molecule has 0 saturated heterocycles. The van der Waals surface area contributed by atoms with E-state index in [1.807, 2.05) is 30.3 Å². The molecule has 0 fully saturated rings. The second-order valence-corrected chi connectivity index (χ2v) is 8.78. The van der Waals surface area contributed by atoms with Gasteiger partial charge in [-0.05, 0) is 84.5 Å². The fourth-order valence-corrected chi connectivity index (χ4v) is 3.78. The Morgan fingerprint density at radius 1 is 0.906 bits per heavy atom. The highest BCUT2D eigenvalue weighted by Gasteiger charge is 2.30. The first-order chi connectivity index (χ1) is 15.0. The molecule has 1 unspecified atom stereocenters. The molecular weight excluding hydrogens is 435 g/mol. The topological polar surface area (TPSA) is 29.1 Å². The number of nitrogens with one attached hydrogen (secondary N) is 1. The van der Waals surface area contributed by atoms with Gasteiger partial charge in [0.2, 0.25) is 0 Å². The van der Waals surface area contributed by atoms with Gasteiger partial charge < -0.3 is 5.32 Å². The summed E-state index contributed by atoms with van der Waals surface area (Å²) in [4.78, 5) is 12.4. The molecule has 168 valence electrons. The summed E-state index contributed by atoms with van der Waals surface area (Å²) in [5.74, 6) is 0.0715. The van der Waals surface area contributed by atoms with Gasteiger partial charge >= 0.3 is 6.18 Å². The van der Waals surface area contributed by atoms with Crippen molar-refractivity contribution in [3.63, 3.8) is 0 Å². The molecule has 2 nitrogen and oxygen atoms in total. The number of ketones is 1. The SMILES string of the molecule is CC(=O)C(CC(C)C)c1cc(Nc2ccc(Cl)cc2)cc(-c2ccc(C(F)(F)F)cc2)c1. The van der Waals surface area contributed by atoms with Crippen LogP contribution in [-0.4, -0.2) is 5.78 Å². The average Bonchev–Trinajstić information content (AvgIpc) is 2.72. The number of alkyl halides is 3. The van der Waals surface area contributed by atoms with E-state index in [0.29, 0.717) is 22.9 Å². The maximum absolute atomic E-state index is 13.0. The predicted molar refractivity (Wildman–Crippen MR) is 124 cm³/mol.